The molecule has 0 bridgehead atoms. The van der Waals surface area contributed by atoms with Crippen LogP contribution in [0.3, 0.4) is 0 Å². The van der Waals surface area contributed by atoms with E-state index in [-0.39, 0.29) is 41.5 Å². The Kier molecular flexibility index (Phi) is 5.91. The number of carbonyl (C=O) groups excluding carboxylic acids is 2. The van der Waals surface area contributed by atoms with Gasteiger partial charge in [0.2, 0.25) is 11.8 Å². The van der Waals surface area contributed by atoms with Crippen LogP contribution in [-0.2, 0) is 9.59 Å². The van der Waals surface area contributed by atoms with Crippen LogP contribution in [0.5, 0.6) is 0 Å². The van der Waals surface area contributed by atoms with Gasteiger partial charge in [-0.25, -0.2) is 0 Å². The lowest BCUT2D eigenvalue weighted by atomic mass is 9.99. The van der Waals surface area contributed by atoms with Crippen LogP contribution in [0.15, 0.2) is 0 Å². The van der Waals surface area contributed by atoms with Gasteiger partial charge in [0.1, 0.15) is 6.04 Å². The van der Waals surface area contributed by atoms with E-state index >= 15 is 0 Å². The molecule has 2 fully saturated rings. The molecule has 2 rings (SSSR count). The number of fused-ring (bicyclic) bond motifs is 1. The lowest BCUT2D eigenvalue weighted by molar-refractivity contribution is -0.133. The van der Waals surface area contributed by atoms with E-state index in [9.17, 15) is 9.59 Å². The molecule has 0 aliphatic carbocycles. The fourth-order valence-corrected chi connectivity index (χ4v) is 3.67. The van der Waals surface area contributed by atoms with Crippen LogP contribution in [0.2, 0.25) is 0 Å². The number of unbranched alkanes of at least 4 members (excludes halogenated alkanes) is 1. The maximum Gasteiger partial charge on any atom is 0.240 e. The summed E-state index contributed by atoms with van der Waals surface area (Å²) in [6, 6.07) is -0.373. The predicted octanol–water partition coefficient (Wildman–Crippen LogP) is 0.996. The van der Waals surface area contributed by atoms with Crippen molar-refractivity contribution in [2.75, 3.05) is 6.54 Å². The van der Waals surface area contributed by atoms with E-state index in [1.54, 1.807) is 0 Å². The smallest absolute Gasteiger partial charge is 0.240 e. The highest BCUT2D eigenvalue weighted by Gasteiger charge is 2.61. The molecule has 6 heteroatoms. The van der Waals surface area contributed by atoms with Gasteiger partial charge in [0.05, 0.1) is 18.1 Å². The normalized spacial score (nSPS) is 29.6. The Labute approximate surface area is 145 Å². The minimum Gasteiger partial charge on any atom is -0.350 e. The Morgan fingerprint density at radius 2 is 2.00 bits per heavy atom. The molecule has 4 atom stereocenters. The van der Waals surface area contributed by atoms with Crippen molar-refractivity contribution in [1.82, 2.24) is 15.5 Å². The van der Waals surface area contributed by atoms with E-state index in [0.29, 0.717) is 12.5 Å². The summed E-state index contributed by atoms with van der Waals surface area (Å²) in [6.45, 7) is 10.9. The van der Waals surface area contributed by atoms with Crippen LogP contribution in [-0.4, -0.2) is 53.0 Å². The molecule has 0 aromatic rings. The lowest BCUT2D eigenvalue weighted by Crippen LogP contribution is -2.61. The predicted molar refractivity (Wildman–Crippen MR) is 95.4 cm³/mol. The molecular formula is C18H34N4O2. The van der Waals surface area contributed by atoms with E-state index < -0.39 is 0 Å². The van der Waals surface area contributed by atoms with E-state index in [4.69, 9.17) is 5.73 Å². The van der Waals surface area contributed by atoms with E-state index in [1.807, 2.05) is 25.7 Å². The summed E-state index contributed by atoms with van der Waals surface area (Å²) in [4.78, 5) is 27.4. The van der Waals surface area contributed by atoms with Gasteiger partial charge in [0.15, 0.2) is 0 Å². The molecule has 4 N–H and O–H groups in total. The number of piperazine rings is 1. The summed E-state index contributed by atoms with van der Waals surface area (Å²) in [6.07, 6.45) is 3.50. The summed E-state index contributed by atoms with van der Waals surface area (Å²) in [5.41, 5.74) is 5.28. The number of hydrogen-bond acceptors (Lipinski definition) is 4. The van der Waals surface area contributed by atoms with Gasteiger partial charge in [-0.15, -0.1) is 0 Å². The number of rotatable bonds is 7. The molecule has 0 radical (unpaired) electrons. The van der Waals surface area contributed by atoms with Gasteiger partial charge in [-0.05, 0) is 52.5 Å². The molecule has 138 valence electrons. The van der Waals surface area contributed by atoms with Crippen molar-refractivity contribution in [2.24, 2.45) is 11.7 Å². The van der Waals surface area contributed by atoms with Crippen molar-refractivity contribution in [1.29, 1.82) is 0 Å². The summed E-state index contributed by atoms with van der Waals surface area (Å²) in [7, 11) is 0. The second-order valence-electron chi connectivity index (χ2n) is 8.65. The molecule has 2 saturated heterocycles. The van der Waals surface area contributed by atoms with Crippen LogP contribution >= 0.6 is 0 Å². The summed E-state index contributed by atoms with van der Waals surface area (Å²) in [5, 5.41) is 6.40. The van der Waals surface area contributed by atoms with Crippen LogP contribution in [0.25, 0.3) is 0 Å². The van der Waals surface area contributed by atoms with E-state index in [2.05, 4.69) is 24.5 Å². The molecule has 0 saturated carbocycles. The summed E-state index contributed by atoms with van der Waals surface area (Å²) in [5.74, 6) is 0.665. The van der Waals surface area contributed by atoms with Gasteiger partial charge in [-0.1, -0.05) is 20.3 Å². The Bertz CT molecular complexity index is 472. The molecule has 2 aliphatic rings. The molecule has 0 unspecified atom stereocenters. The van der Waals surface area contributed by atoms with Crippen molar-refractivity contribution >= 4 is 11.8 Å². The number of carbonyl (C=O) groups is 2. The van der Waals surface area contributed by atoms with Gasteiger partial charge >= 0.3 is 0 Å². The number of nitrogens with zero attached hydrogens (tertiary/aromatic N) is 1. The van der Waals surface area contributed by atoms with Crippen molar-refractivity contribution in [2.45, 2.75) is 90.0 Å². The Hall–Kier alpha value is -1.14. The van der Waals surface area contributed by atoms with Gasteiger partial charge in [0.25, 0.3) is 0 Å². The summed E-state index contributed by atoms with van der Waals surface area (Å²) < 4.78 is 0. The standard InChI is InChI=1S/C18H34N4O2/c1-11(2)10-13-15-14(16(23)21-18(3,4)5)20-12(8-6-7-9-19)17(24)22(13)15/h11-15,20H,6-10,19H2,1-5H3,(H,21,23)/t12-,13-,14-,15+,22?/m0/s1. The van der Waals surface area contributed by atoms with Crippen LogP contribution < -0.4 is 16.4 Å². The van der Waals surface area contributed by atoms with E-state index in [1.165, 1.54) is 0 Å². The largest absolute Gasteiger partial charge is 0.350 e. The molecule has 0 aromatic carbocycles. The number of nitrogens with one attached hydrogen (secondary N) is 2. The molecule has 6 nitrogen and oxygen atoms in total. The lowest BCUT2D eigenvalue weighted by Gasteiger charge is -2.31. The molecule has 2 aliphatic heterocycles. The average Bonchev–Trinajstić information content (AvgIpc) is 3.13. The highest BCUT2D eigenvalue weighted by Crippen LogP contribution is 2.40. The number of amides is 2. The van der Waals surface area contributed by atoms with Gasteiger partial charge in [-0.3, -0.25) is 14.9 Å². The number of hydrogen-bond donors (Lipinski definition) is 3. The Morgan fingerprint density at radius 1 is 1.33 bits per heavy atom. The van der Waals surface area contributed by atoms with Crippen LogP contribution in [0.4, 0.5) is 0 Å². The zero-order valence-corrected chi connectivity index (χ0v) is 15.8. The zero-order chi connectivity index (χ0) is 18.1. The van der Waals surface area contributed by atoms with Gasteiger partial charge in [-0.2, -0.15) is 0 Å². The third kappa shape index (κ3) is 4.48. The van der Waals surface area contributed by atoms with Gasteiger partial charge < -0.3 is 16.0 Å². The Balaban J connectivity index is 2.09. The Morgan fingerprint density at radius 3 is 2.54 bits per heavy atom. The SMILES string of the molecule is CC(C)C[C@H]1[C@@H]2[C@@H](C(=O)NC(C)(C)C)N[C@@H](CCCCN)C(=O)N21. The van der Waals surface area contributed by atoms with Crippen molar-refractivity contribution in [3.63, 3.8) is 0 Å². The first-order valence-electron chi connectivity index (χ1n) is 9.26. The quantitative estimate of drug-likeness (QED) is 0.477. The summed E-state index contributed by atoms with van der Waals surface area (Å²) >= 11 is 0. The first-order chi connectivity index (χ1) is 11.2. The van der Waals surface area contributed by atoms with Crippen molar-refractivity contribution in [3.05, 3.63) is 0 Å². The molecule has 2 heterocycles. The monoisotopic (exact) mass is 338 g/mol. The minimum atomic E-state index is -0.312. The van der Waals surface area contributed by atoms with Crippen LogP contribution in [0, 0.1) is 5.92 Å². The third-order valence-electron chi connectivity index (χ3n) is 4.70. The van der Waals surface area contributed by atoms with E-state index in [0.717, 1.165) is 25.7 Å². The topological polar surface area (TPSA) is 87.2 Å². The zero-order valence-electron chi connectivity index (χ0n) is 15.8. The average molecular weight is 338 g/mol. The fourth-order valence-electron chi connectivity index (χ4n) is 3.67. The highest BCUT2D eigenvalue weighted by molar-refractivity contribution is 5.92. The molecule has 2 amide bonds. The fraction of sp³-hybridized carbons (Fsp3) is 0.889. The molecule has 24 heavy (non-hydrogen) atoms. The highest BCUT2D eigenvalue weighted by atomic mass is 16.2. The van der Waals surface area contributed by atoms with Crippen molar-refractivity contribution < 1.29 is 9.59 Å². The molecular weight excluding hydrogens is 304 g/mol. The maximum atomic E-state index is 12.7. The van der Waals surface area contributed by atoms with Crippen molar-refractivity contribution in [3.8, 4) is 0 Å². The molecule has 0 spiro atoms. The second kappa shape index (κ2) is 7.40. The second-order valence-corrected chi connectivity index (χ2v) is 8.65. The first-order valence-corrected chi connectivity index (χ1v) is 9.26. The molecule has 0 aromatic heterocycles. The first kappa shape index (κ1) is 19.2. The third-order valence-corrected chi connectivity index (χ3v) is 4.70. The maximum absolute atomic E-state index is 12.7. The number of nitrogens with two attached hydrogens (primary N) is 1. The van der Waals surface area contributed by atoms with Crippen LogP contribution in [0.1, 0.15) is 60.3 Å². The van der Waals surface area contributed by atoms with Gasteiger partial charge in [0, 0.05) is 5.54 Å². The minimum absolute atomic E-state index is 0.0000750.